The van der Waals surface area contributed by atoms with Crippen LogP contribution in [0.5, 0.6) is 11.5 Å². The van der Waals surface area contributed by atoms with Crippen LogP contribution in [0.25, 0.3) is 0 Å². The molecule has 4 rings (SSSR count). The summed E-state index contributed by atoms with van der Waals surface area (Å²) in [6, 6.07) is 3.77. The summed E-state index contributed by atoms with van der Waals surface area (Å²) in [5.41, 5.74) is 1.55. The molecule has 22 heavy (non-hydrogen) atoms. The normalized spacial score (nSPS) is 27.5. The van der Waals surface area contributed by atoms with Gasteiger partial charge in [0.15, 0.2) is 0 Å². The van der Waals surface area contributed by atoms with Crippen molar-refractivity contribution in [3.8, 4) is 11.5 Å². The first-order chi connectivity index (χ1) is 10.6. The van der Waals surface area contributed by atoms with Crippen LogP contribution in [0.15, 0.2) is 12.1 Å². The molecule has 2 fully saturated rings. The minimum Gasteiger partial charge on any atom is -0.490 e. The van der Waals surface area contributed by atoms with Gasteiger partial charge in [-0.05, 0) is 50.3 Å². The molecule has 5 nitrogen and oxygen atoms in total. The molecule has 118 valence electrons. The summed E-state index contributed by atoms with van der Waals surface area (Å²) in [4.78, 5) is 14.7. The molecule has 1 N–H and O–H groups in total. The maximum absolute atomic E-state index is 12.9. The van der Waals surface area contributed by atoms with E-state index in [9.17, 15) is 9.90 Å². The highest BCUT2D eigenvalue weighted by Crippen LogP contribution is 2.38. The number of benzene rings is 1. The third-order valence-electron chi connectivity index (χ3n) is 4.85. The van der Waals surface area contributed by atoms with Crippen molar-refractivity contribution in [2.24, 2.45) is 0 Å². The minimum atomic E-state index is -0.458. The summed E-state index contributed by atoms with van der Waals surface area (Å²) < 4.78 is 11.9. The molecule has 2 heterocycles. The molecule has 1 aromatic rings. The molecule has 1 saturated heterocycles. The summed E-state index contributed by atoms with van der Waals surface area (Å²) >= 11 is 0. The van der Waals surface area contributed by atoms with Gasteiger partial charge in [0.05, 0.1) is 18.2 Å². The Morgan fingerprint density at radius 1 is 1.36 bits per heavy atom. The fourth-order valence-electron chi connectivity index (χ4n) is 3.44. The highest BCUT2D eigenvalue weighted by atomic mass is 16.5. The summed E-state index contributed by atoms with van der Waals surface area (Å²) in [5, 5.41) is 9.84. The van der Waals surface area contributed by atoms with Gasteiger partial charge in [0.25, 0.3) is 5.91 Å². The van der Waals surface area contributed by atoms with Gasteiger partial charge in [-0.15, -0.1) is 0 Å². The molecule has 0 aromatic heterocycles. The monoisotopic (exact) mass is 303 g/mol. The highest BCUT2D eigenvalue weighted by molar-refractivity contribution is 6.00. The van der Waals surface area contributed by atoms with Crippen molar-refractivity contribution in [1.29, 1.82) is 0 Å². The standard InChI is InChI=1S/C17H21NO4/c1-10-5-14-16(15(6-10)22-13-3-2-4-13)17(20)18-8-12(19)7-11(18)9-21-14/h5-6,11-13,19H,2-4,7-9H2,1H3/t11-,12+/m1/s1. The Kier molecular flexibility index (Phi) is 3.26. The van der Waals surface area contributed by atoms with Crippen molar-refractivity contribution in [1.82, 2.24) is 4.90 Å². The predicted molar refractivity (Wildman–Crippen MR) is 80.4 cm³/mol. The Bertz CT molecular complexity index is 611. The quantitative estimate of drug-likeness (QED) is 0.906. The third kappa shape index (κ3) is 2.24. The second-order valence-electron chi connectivity index (χ2n) is 6.62. The zero-order valence-corrected chi connectivity index (χ0v) is 12.7. The van der Waals surface area contributed by atoms with E-state index in [0.29, 0.717) is 36.6 Å². The maximum Gasteiger partial charge on any atom is 0.261 e. The largest absolute Gasteiger partial charge is 0.490 e. The van der Waals surface area contributed by atoms with E-state index in [-0.39, 0.29) is 18.1 Å². The van der Waals surface area contributed by atoms with Gasteiger partial charge in [-0.2, -0.15) is 0 Å². The van der Waals surface area contributed by atoms with Crippen molar-refractivity contribution in [2.45, 2.75) is 50.9 Å². The van der Waals surface area contributed by atoms with E-state index in [1.807, 2.05) is 19.1 Å². The number of carbonyl (C=O) groups excluding carboxylic acids is 1. The molecule has 1 saturated carbocycles. The van der Waals surface area contributed by atoms with E-state index in [2.05, 4.69) is 0 Å². The lowest BCUT2D eigenvalue weighted by Crippen LogP contribution is -2.37. The number of nitrogens with zero attached hydrogens (tertiary/aromatic N) is 1. The number of fused-ring (bicyclic) bond motifs is 2. The van der Waals surface area contributed by atoms with Crippen LogP contribution in [-0.2, 0) is 0 Å². The molecular formula is C17H21NO4. The van der Waals surface area contributed by atoms with Gasteiger partial charge in [0.2, 0.25) is 0 Å². The van der Waals surface area contributed by atoms with Crippen molar-refractivity contribution < 1.29 is 19.4 Å². The Morgan fingerprint density at radius 2 is 2.18 bits per heavy atom. The highest BCUT2D eigenvalue weighted by Gasteiger charge is 2.40. The van der Waals surface area contributed by atoms with Crippen LogP contribution in [0, 0.1) is 6.92 Å². The van der Waals surface area contributed by atoms with Gasteiger partial charge < -0.3 is 19.5 Å². The van der Waals surface area contributed by atoms with E-state index in [4.69, 9.17) is 9.47 Å². The molecular weight excluding hydrogens is 282 g/mol. The number of aliphatic hydroxyl groups is 1. The third-order valence-corrected chi connectivity index (χ3v) is 4.85. The van der Waals surface area contributed by atoms with Gasteiger partial charge in [-0.3, -0.25) is 4.79 Å². The van der Waals surface area contributed by atoms with Crippen LogP contribution in [-0.4, -0.2) is 47.3 Å². The Hall–Kier alpha value is -1.75. The van der Waals surface area contributed by atoms with Crippen LogP contribution in [0.4, 0.5) is 0 Å². The second-order valence-corrected chi connectivity index (χ2v) is 6.62. The summed E-state index contributed by atoms with van der Waals surface area (Å²) in [6.45, 7) is 2.79. The lowest BCUT2D eigenvalue weighted by molar-refractivity contribution is 0.0697. The number of carbonyl (C=O) groups is 1. The number of ether oxygens (including phenoxy) is 2. The Morgan fingerprint density at radius 3 is 2.91 bits per heavy atom. The van der Waals surface area contributed by atoms with Crippen LogP contribution >= 0.6 is 0 Å². The molecule has 1 aromatic carbocycles. The molecule has 2 aliphatic heterocycles. The maximum atomic E-state index is 12.9. The summed E-state index contributed by atoms with van der Waals surface area (Å²) in [7, 11) is 0. The first kappa shape index (κ1) is 13.9. The molecule has 0 bridgehead atoms. The molecule has 0 radical (unpaired) electrons. The fourth-order valence-corrected chi connectivity index (χ4v) is 3.44. The van der Waals surface area contributed by atoms with Crippen LogP contribution in [0.3, 0.4) is 0 Å². The minimum absolute atomic E-state index is 0.0493. The first-order valence-electron chi connectivity index (χ1n) is 8.05. The smallest absolute Gasteiger partial charge is 0.261 e. The second kappa shape index (κ2) is 5.16. The molecule has 1 amide bonds. The van der Waals surface area contributed by atoms with Crippen molar-refractivity contribution in [2.75, 3.05) is 13.2 Å². The number of hydrogen-bond donors (Lipinski definition) is 1. The number of rotatable bonds is 2. The average Bonchev–Trinajstić information content (AvgIpc) is 2.75. The predicted octanol–water partition coefficient (Wildman–Crippen LogP) is 1.89. The van der Waals surface area contributed by atoms with E-state index >= 15 is 0 Å². The van der Waals surface area contributed by atoms with E-state index in [0.717, 1.165) is 18.4 Å². The van der Waals surface area contributed by atoms with Crippen molar-refractivity contribution >= 4 is 5.91 Å². The van der Waals surface area contributed by atoms with Gasteiger partial charge in [0, 0.05) is 6.54 Å². The zero-order valence-electron chi connectivity index (χ0n) is 12.7. The SMILES string of the molecule is Cc1cc2c(c(OC3CCC3)c1)C(=O)N1C[C@@H](O)C[C@@H]1CO2. The van der Waals surface area contributed by atoms with E-state index < -0.39 is 6.10 Å². The van der Waals surface area contributed by atoms with Crippen molar-refractivity contribution in [3.05, 3.63) is 23.3 Å². The molecule has 5 heteroatoms. The number of hydrogen-bond acceptors (Lipinski definition) is 4. The Labute approximate surface area is 129 Å². The van der Waals surface area contributed by atoms with Crippen LogP contribution in [0.2, 0.25) is 0 Å². The number of amides is 1. The molecule has 2 atom stereocenters. The van der Waals surface area contributed by atoms with Gasteiger partial charge in [0.1, 0.15) is 23.7 Å². The van der Waals surface area contributed by atoms with Crippen molar-refractivity contribution in [3.63, 3.8) is 0 Å². The molecule has 0 unspecified atom stereocenters. The van der Waals surface area contributed by atoms with E-state index in [1.165, 1.54) is 6.42 Å². The van der Waals surface area contributed by atoms with Gasteiger partial charge in [-0.1, -0.05) is 0 Å². The topological polar surface area (TPSA) is 59.0 Å². The first-order valence-corrected chi connectivity index (χ1v) is 8.05. The fraction of sp³-hybridized carbons (Fsp3) is 0.588. The van der Waals surface area contributed by atoms with Gasteiger partial charge in [-0.25, -0.2) is 0 Å². The molecule has 1 aliphatic carbocycles. The average molecular weight is 303 g/mol. The lowest BCUT2D eigenvalue weighted by Gasteiger charge is -2.28. The molecule has 3 aliphatic rings. The van der Waals surface area contributed by atoms with Crippen LogP contribution < -0.4 is 9.47 Å². The number of aryl methyl sites for hydroxylation is 1. The van der Waals surface area contributed by atoms with E-state index in [1.54, 1.807) is 4.90 Å². The molecule has 0 spiro atoms. The van der Waals surface area contributed by atoms with Gasteiger partial charge >= 0.3 is 0 Å². The Balaban J connectivity index is 1.73. The van der Waals surface area contributed by atoms with Crippen LogP contribution in [0.1, 0.15) is 41.6 Å². The lowest BCUT2D eigenvalue weighted by atomic mass is 9.96. The zero-order chi connectivity index (χ0) is 15.3. The number of aliphatic hydroxyl groups excluding tert-OH is 1. The summed E-state index contributed by atoms with van der Waals surface area (Å²) in [6.07, 6.45) is 3.61. The summed E-state index contributed by atoms with van der Waals surface area (Å²) in [5.74, 6) is 1.17.